The third kappa shape index (κ3) is 3.79. The zero-order chi connectivity index (χ0) is 20.4. The summed E-state index contributed by atoms with van der Waals surface area (Å²) in [4.78, 5) is 19.7. The van der Waals surface area contributed by atoms with Gasteiger partial charge in [-0.05, 0) is 31.2 Å². The highest BCUT2D eigenvalue weighted by molar-refractivity contribution is 7.15. The van der Waals surface area contributed by atoms with Crippen LogP contribution in [0.1, 0.15) is 32.8 Å². The topological polar surface area (TPSA) is 84.8 Å². The number of methoxy groups -OCH3 is 1. The molecule has 3 aromatic heterocycles. The van der Waals surface area contributed by atoms with Gasteiger partial charge in [0.05, 0.1) is 17.7 Å². The van der Waals surface area contributed by atoms with E-state index < -0.39 is 6.04 Å². The number of carbonyl (C=O) groups is 1. The second kappa shape index (κ2) is 7.92. The third-order valence-electron chi connectivity index (χ3n) is 4.66. The average molecular weight is 407 g/mol. The van der Waals surface area contributed by atoms with Gasteiger partial charge in [-0.3, -0.25) is 9.89 Å². The Bertz CT molecular complexity index is 1140. The molecule has 3 heterocycles. The van der Waals surface area contributed by atoms with Crippen LogP contribution in [0, 0.1) is 6.92 Å². The van der Waals surface area contributed by atoms with Crippen LogP contribution < -0.4 is 10.1 Å². The highest BCUT2D eigenvalue weighted by Gasteiger charge is 2.25. The minimum absolute atomic E-state index is 0.292. The summed E-state index contributed by atoms with van der Waals surface area (Å²) < 4.78 is 7.38. The largest absolute Gasteiger partial charge is 0.496 e. The van der Waals surface area contributed by atoms with Crippen LogP contribution in [-0.4, -0.2) is 32.8 Å². The number of nitrogens with one attached hydrogen (secondary N) is 2. The molecule has 1 amide bonds. The number of carbonyl (C=O) groups excluding carboxylic acids is 1. The fourth-order valence-electron chi connectivity index (χ4n) is 3.19. The second-order valence-corrected chi connectivity index (χ2v) is 7.91. The number of rotatable bonds is 6. The molecule has 0 unspecified atom stereocenters. The maximum atomic E-state index is 13.0. The van der Waals surface area contributed by atoms with Gasteiger partial charge >= 0.3 is 0 Å². The van der Waals surface area contributed by atoms with Crippen molar-refractivity contribution in [1.82, 2.24) is 25.1 Å². The van der Waals surface area contributed by atoms with Crippen LogP contribution in [0.15, 0.2) is 54.9 Å². The van der Waals surface area contributed by atoms with Crippen molar-refractivity contribution in [2.24, 2.45) is 7.05 Å². The number of hydrogen-bond acceptors (Lipinski definition) is 5. The van der Waals surface area contributed by atoms with E-state index in [0.717, 1.165) is 16.1 Å². The highest BCUT2D eigenvalue weighted by Crippen LogP contribution is 2.30. The number of imidazole rings is 1. The summed E-state index contributed by atoms with van der Waals surface area (Å²) in [6, 6.07) is 12.9. The lowest BCUT2D eigenvalue weighted by Gasteiger charge is -2.20. The maximum Gasteiger partial charge on any atom is 0.272 e. The van der Waals surface area contributed by atoms with Crippen molar-refractivity contribution in [2.75, 3.05) is 7.11 Å². The van der Waals surface area contributed by atoms with Crippen LogP contribution in [0.4, 0.5) is 0 Å². The van der Waals surface area contributed by atoms with Gasteiger partial charge in [0, 0.05) is 29.9 Å². The van der Waals surface area contributed by atoms with Crippen LogP contribution in [0.25, 0.3) is 10.6 Å². The Labute approximate surface area is 172 Å². The number of nitrogens with zero attached hydrogens (tertiary/aromatic N) is 3. The van der Waals surface area contributed by atoms with E-state index in [1.807, 2.05) is 61.1 Å². The van der Waals surface area contributed by atoms with Crippen molar-refractivity contribution in [3.05, 3.63) is 76.8 Å². The van der Waals surface area contributed by atoms with Crippen LogP contribution in [0.3, 0.4) is 0 Å². The van der Waals surface area contributed by atoms with E-state index in [1.54, 1.807) is 30.7 Å². The molecular formula is C21H21N5O2S. The van der Waals surface area contributed by atoms with Gasteiger partial charge in [-0.25, -0.2) is 4.98 Å². The number of amides is 1. The summed E-state index contributed by atoms with van der Waals surface area (Å²) in [5, 5.41) is 10.2. The van der Waals surface area contributed by atoms with E-state index in [4.69, 9.17) is 4.74 Å². The smallest absolute Gasteiger partial charge is 0.272 e. The predicted octanol–water partition coefficient (Wildman–Crippen LogP) is 3.71. The van der Waals surface area contributed by atoms with Crippen molar-refractivity contribution in [2.45, 2.75) is 13.0 Å². The molecule has 4 rings (SSSR count). The molecule has 0 spiro atoms. The fourth-order valence-corrected chi connectivity index (χ4v) is 4.02. The molecule has 148 valence electrons. The van der Waals surface area contributed by atoms with Gasteiger partial charge in [-0.1, -0.05) is 18.2 Å². The monoisotopic (exact) mass is 407 g/mol. The number of H-pyrrole nitrogens is 1. The van der Waals surface area contributed by atoms with Gasteiger partial charge in [-0.15, -0.1) is 11.3 Å². The minimum atomic E-state index is -0.484. The number of hydrogen-bond donors (Lipinski definition) is 2. The zero-order valence-electron chi connectivity index (χ0n) is 16.3. The molecule has 0 aliphatic rings. The summed E-state index contributed by atoms with van der Waals surface area (Å²) >= 11 is 1.65. The van der Waals surface area contributed by atoms with Gasteiger partial charge in [0.1, 0.15) is 17.6 Å². The van der Waals surface area contributed by atoms with E-state index in [2.05, 4.69) is 20.5 Å². The lowest BCUT2D eigenvalue weighted by atomic mass is 10.0. The average Bonchev–Trinajstić information content (AvgIpc) is 3.47. The molecule has 0 radical (unpaired) electrons. The van der Waals surface area contributed by atoms with E-state index in [9.17, 15) is 4.79 Å². The van der Waals surface area contributed by atoms with Crippen molar-refractivity contribution < 1.29 is 9.53 Å². The van der Waals surface area contributed by atoms with Crippen LogP contribution in [0.2, 0.25) is 0 Å². The number of aromatic nitrogens is 4. The van der Waals surface area contributed by atoms with Gasteiger partial charge in [0.25, 0.3) is 5.91 Å². The first-order chi connectivity index (χ1) is 14.1. The minimum Gasteiger partial charge on any atom is -0.496 e. The number of ether oxygens (including phenoxy) is 1. The number of thiophene rings is 1. The molecule has 8 heteroatoms. The summed E-state index contributed by atoms with van der Waals surface area (Å²) in [7, 11) is 3.50. The maximum absolute atomic E-state index is 13.0. The Balaban J connectivity index is 1.65. The van der Waals surface area contributed by atoms with Crippen LogP contribution >= 0.6 is 11.3 Å². The van der Waals surface area contributed by atoms with Crippen LogP contribution in [-0.2, 0) is 7.05 Å². The molecule has 2 N–H and O–H groups in total. The molecule has 1 atom stereocenters. The first kappa shape index (κ1) is 18.9. The lowest BCUT2D eigenvalue weighted by Crippen LogP contribution is -2.31. The van der Waals surface area contributed by atoms with Crippen molar-refractivity contribution in [3.63, 3.8) is 0 Å². The first-order valence-corrected chi connectivity index (χ1v) is 9.91. The highest BCUT2D eigenvalue weighted by atomic mass is 32.1. The quantitative estimate of drug-likeness (QED) is 0.510. The Morgan fingerprint density at radius 3 is 2.79 bits per heavy atom. The van der Waals surface area contributed by atoms with Crippen molar-refractivity contribution >= 4 is 17.2 Å². The summed E-state index contributed by atoms with van der Waals surface area (Å²) in [6.45, 7) is 2.04. The van der Waals surface area contributed by atoms with Crippen LogP contribution in [0.5, 0.6) is 5.75 Å². The molecule has 4 aromatic rings. The van der Waals surface area contributed by atoms with Gasteiger partial charge in [-0.2, -0.15) is 5.10 Å². The third-order valence-corrected chi connectivity index (χ3v) is 5.69. The standard InChI is InChI=1S/C21H21N5O2S/c1-13-8-9-18(29-13)15-12-16(25-24-15)21(27)23-19(20-22-10-11-26(20)2)14-6-4-5-7-17(14)28-3/h4-12,19H,1-3H3,(H,23,27)(H,24,25)/t19-/m0/s1. The Kier molecular flexibility index (Phi) is 5.18. The molecule has 7 nitrogen and oxygen atoms in total. The predicted molar refractivity (Wildman–Crippen MR) is 112 cm³/mol. The normalized spacial score (nSPS) is 12.0. The molecule has 0 aliphatic carbocycles. The number of aromatic amines is 1. The molecule has 0 saturated carbocycles. The van der Waals surface area contributed by atoms with Gasteiger partial charge < -0.3 is 14.6 Å². The van der Waals surface area contributed by atoms with Crippen molar-refractivity contribution in [3.8, 4) is 16.3 Å². The molecule has 1 aromatic carbocycles. The molecular weight excluding hydrogens is 386 g/mol. The second-order valence-electron chi connectivity index (χ2n) is 6.62. The molecule has 0 aliphatic heterocycles. The Morgan fingerprint density at radius 1 is 1.28 bits per heavy atom. The summed E-state index contributed by atoms with van der Waals surface area (Å²) in [5.74, 6) is 1.09. The molecule has 0 bridgehead atoms. The van der Waals surface area contributed by atoms with E-state index >= 15 is 0 Å². The molecule has 0 fully saturated rings. The lowest BCUT2D eigenvalue weighted by molar-refractivity contribution is 0.0935. The Morgan fingerprint density at radius 2 is 2.10 bits per heavy atom. The fraction of sp³-hybridized carbons (Fsp3) is 0.190. The van der Waals surface area contributed by atoms with E-state index in [0.29, 0.717) is 17.3 Å². The SMILES string of the molecule is COc1ccccc1[C@H](NC(=O)c1cc(-c2ccc(C)s2)[nH]n1)c1nccn1C. The first-order valence-electron chi connectivity index (χ1n) is 9.10. The number of aryl methyl sites for hydroxylation is 2. The van der Waals surface area contributed by atoms with Gasteiger partial charge in [0.15, 0.2) is 5.69 Å². The number of para-hydroxylation sites is 1. The van der Waals surface area contributed by atoms with E-state index in [-0.39, 0.29) is 5.91 Å². The Hall–Kier alpha value is -3.39. The summed E-state index contributed by atoms with van der Waals surface area (Å²) in [6.07, 6.45) is 3.55. The molecule has 0 saturated heterocycles. The summed E-state index contributed by atoms with van der Waals surface area (Å²) in [5.41, 5.74) is 1.96. The zero-order valence-corrected chi connectivity index (χ0v) is 17.2. The number of benzene rings is 1. The molecule has 29 heavy (non-hydrogen) atoms. The van der Waals surface area contributed by atoms with Gasteiger partial charge in [0.2, 0.25) is 0 Å². The van der Waals surface area contributed by atoms with Crippen molar-refractivity contribution in [1.29, 1.82) is 0 Å². The van der Waals surface area contributed by atoms with E-state index in [1.165, 1.54) is 4.88 Å².